The van der Waals surface area contributed by atoms with Crippen LogP contribution in [-0.2, 0) is 0 Å². The number of aromatic amines is 1. The smallest absolute Gasteiger partial charge is 0.256 e. The van der Waals surface area contributed by atoms with Crippen molar-refractivity contribution in [2.75, 3.05) is 12.4 Å². The van der Waals surface area contributed by atoms with Gasteiger partial charge in [-0.3, -0.25) is 4.79 Å². The molecular formula is C16H14N2O. The Hall–Kier alpha value is -2.55. The highest BCUT2D eigenvalue weighted by atomic mass is 16.1. The number of rotatable bonds is 2. The van der Waals surface area contributed by atoms with Gasteiger partial charge in [-0.05, 0) is 35.2 Å². The van der Waals surface area contributed by atoms with E-state index < -0.39 is 0 Å². The van der Waals surface area contributed by atoms with E-state index in [0.29, 0.717) is 5.56 Å². The molecule has 1 heterocycles. The minimum atomic E-state index is -0.0593. The van der Waals surface area contributed by atoms with E-state index >= 15 is 0 Å². The van der Waals surface area contributed by atoms with Crippen molar-refractivity contribution in [1.29, 1.82) is 0 Å². The lowest BCUT2D eigenvalue weighted by atomic mass is 10.0. The van der Waals surface area contributed by atoms with Crippen LogP contribution in [0.4, 0.5) is 5.69 Å². The van der Waals surface area contributed by atoms with Crippen molar-refractivity contribution < 1.29 is 0 Å². The first-order chi connectivity index (χ1) is 9.28. The average molecular weight is 250 g/mol. The van der Waals surface area contributed by atoms with Gasteiger partial charge >= 0.3 is 0 Å². The van der Waals surface area contributed by atoms with Crippen molar-refractivity contribution in [2.24, 2.45) is 0 Å². The number of fused-ring (bicyclic) bond motifs is 1. The number of aromatic nitrogens is 1. The summed E-state index contributed by atoms with van der Waals surface area (Å²) in [4.78, 5) is 15.0. The molecule has 3 heteroatoms. The monoisotopic (exact) mass is 250 g/mol. The second-order valence-corrected chi connectivity index (χ2v) is 4.43. The van der Waals surface area contributed by atoms with Crippen molar-refractivity contribution >= 4 is 16.6 Å². The Morgan fingerprint density at radius 1 is 1.00 bits per heavy atom. The fourth-order valence-electron chi connectivity index (χ4n) is 2.18. The quantitative estimate of drug-likeness (QED) is 0.733. The number of H-pyrrole nitrogens is 1. The van der Waals surface area contributed by atoms with E-state index in [9.17, 15) is 4.79 Å². The molecule has 94 valence electrons. The summed E-state index contributed by atoms with van der Waals surface area (Å²) in [6.07, 6.45) is 0. The maximum atomic E-state index is 12.1. The summed E-state index contributed by atoms with van der Waals surface area (Å²) in [6, 6.07) is 17.5. The Morgan fingerprint density at radius 3 is 2.47 bits per heavy atom. The third-order valence-corrected chi connectivity index (χ3v) is 3.24. The molecule has 2 N–H and O–H groups in total. The van der Waals surface area contributed by atoms with Crippen molar-refractivity contribution in [3.8, 4) is 11.1 Å². The molecular weight excluding hydrogens is 236 g/mol. The predicted octanol–water partition coefficient (Wildman–Crippen LogP) is 3.24. The van der Waals surface area contributed by atoms with E-state index in [1.807, 2.05) is 61.6 Å². The van der Waals surface area contributed by atoms with Crippen molar-refractivity contribution in [3.63, 3.8) is 0 Å². The van der Waals surface area contributed by atoms with Crippen LogP contribution < -0.4 is 10.9 Å². The molecule has 0 amide bonds. The molecule has 3 rings (SSSR count). The molecule has 3 aromatic rings. The molecule has 0 atom stereocenters. The summed E-state index contributed by atoms with van der Waals surface area (Å²) in [7, 11) is 1.87. The summed E-state index contributed by atoms with van der Waals surface area (Å²) in [5, 5.41) is 4.10. The molecule has 0 unspecified atom stereocenters. The van der Waals surface area contributed by atoms with Crippen molar-refractivity contribution in [1.82, 2.24) is 4.98 Å². The van der Waals surface area contributed by atoms with Crippen molar-refractivity contribution in [2.45, 2.75) is 0 Å². The van der Waals surface area contributed by atoms with Crippen LogP contribution in [0.25, 0.3) is 22.0 Å². The molecule has 0 aliphatic heterocycles. The summed E-state index contributed by atoms with van der Waals surface area (Å²) in [5.41, 5.74) is 3.45. The van der Waals surface area contributed by atoms with E-state index in [1.54, 1.807) is 0 Å². The lowest BCUT2D eigenvalue weighted by Gasteiger charge is -2.05. The fourth-order valence-corrected chi connectivity index (χ4v) is 2.18. The van der Waals surface area contributed by atoms with Gasteiger partial charge in [0.05, 0.1) is 0 Å². The number of para-hydroxylation sites is 1. The molecule has 2 aromatic carbocycles. The Balaban J connectivity index is 2.18. The summed E-state index contributed by atoms with van der Waals surface area (Å²) >= 11 is 0. The van der Waals surface area contributed by atoms with E-state index in [4.69, 9.17) is 0 Å². The first-order valence-corrected chi connectivity index (χ1v) is 6.18. The summed E-state index contributed by atoms with van der Waals surface area (Å²) in [6.45, 7) is 0. The molecule has 1 aromatic heterocycles. The fraction of sp³-hybridized carbons (Fsp3) is 0.0625. The van der Waals surface area contributed by atoms with E-state index in [2.05, 4.69) is 10.3 Å². The maximum absolute atomic E-state index is 12.1. The highest BCUT2D eigenvalue weighted by Gasteiger charge is 2.05. The zero-order valence-electron chi connectivity index (χ0n) is 10.6. The SMILES string of the molecule is CNc1ccc(-c2cc3ccccc3[nH]c2=O)cc1. The zero-order chi connectivity index (χ0) is 13.2. The topological polar surface area (TPSA) is 44.9 Å². The molecule has 0 aliphatic rings. The molecule has 0 bridgehead atoms. The first kappa shape index (κ1) is 11.5. The van der Waals surface area contributed by atoms with Crippen LogP contribution in [0.2, 0.25) is 0 Å². The maximum Gasteiger partial charge on any atom is 0.256 e. The third kappa shape index (κ3) is 2.10. The van der Waals surface area contributed by atoms with E-state index in [0.717, 1.165) is 22.2 Å². The molecule has 0 saturated carbocycles. The number of nitrogens with one attached hydrogen (secondary N) is 2. The molecule has 0 saturated heterocycles. The van der Waals surface area contributed by atoms with Gasteiger partial charge in [0.25, 0.3) is 5.56 Å². The van der Waals surface area contributed by atoms with Crippen LogP contribution >= 0.6 is 0 Å². The second-order valence-electron chi connectivity index (χ2n) is 4.43. The first-order valence-electron chi connectivity index (χ1n) is 6.18. The Labute approximate surface area is 110 Å². The molecule has 0 radical (unpaired) electrons. The molecule has 0 spiro atoms. The molecule has 0 fully saturated rings. The minimum Gasteiger partial charge on any atom is -0.388 e. The van der Waals surface area contributed by atoms with Gasteiger partial charge in [0, 0.05) is 23.8 Å². The van der Waals surface area contributed by atoms with Crippen LogP contribution in [0, 0.1) is 0 Å². The van der Waals surface area contributed by atoms with E-state index in [1.165, 1.54) is 0 Å². The van der Waals surface area contributed by atoms with Gasteiger partial charge < -0.3 is 10.3 Å². The standard InChI is InChI=1S/C16H14N2O/c1-17-13-8-6-11(7-9-13)14-10-12-4-2-3-5-15(12)18-16(14)19/h2-10,17H,1H3,(H,18,19). The molecule has 19 heavy (non-hydrogen) atoms. The van der Waals surface area contributed by atoms with Gasteiger partial charge in [-0.2, -0.15) is 0 Å². The number of pyridine rings is 1. The van der Waals surface area contributed by atoms with Gasteiger partial charge in [0.15, 0.2) is 0 Å². The average Bonchev–Trinajstić information content (AvgIpc) is 2.47. The Bertz CT molecular complexity index is 773. The van der Waals surface area contributed by atoms with Gasteiger partial charge in [-0.1, -0.05) is 30.3 Å². The van der Waals surface area contributed by atoms with Gasteiger partial charge in [-0.15, -0.1) is 0 Å². The predicted molar refractivity (Wildman–Crippen MR) is 79.6 cm³/mol. The Kier molecular flexibility index (Phi) is 2.80. The van der Waals surface area contributed by atoms with E-state index in [-0.39, 0.29) is 5.56 Å². The third-order valence-electron chi connectivity index (χ3n) is 3.24. The van der Waals surface area contributed by atoms with Crippen LogP contribution in [0.3, 0.4) is 0 Å². The van der Waals surface area contributed by atoms with Gasteiger partial charge in [0.1, 0.15) is 0 Å². The molecule has 0 aliphatic carbocycles. The minimum absolute atomic E-state index is 0.0593. The highest BCUT2D eigenvalue weighted by molar-refractivity contribution is 5.83. The second kappa shape index (κ2) is 4.61. The summed E-state index contributed by atoms with van der Waals surface area (Å²) < 4.78 is 0. The van der Waals surface area contributed by atoms with Crippen LogP contribution in [-0.4, -0.2) is 12.0 Å². The lowest BCUT2D eigenvalue weighted by molar-refractivity contribution is 1.31. The largest absolute Gasteiger partial charge is 0.388 e. The summed E-state index contributed by atoms with van der Waals surface area (Å²) in [5.74, 6) is 0. The number of hydrogen-bond donors (Lipinski definition) is 2. The number of anilines is 1. The van der Waals surface area contributed by atoms with Crippen LogP contribution in [0.1, 0.15) is 0 Å². The zero-order valence-corrected chi connectivity index (χ0v) is 10.6. The van der Waals surface area contributed by atoms with Crippen molar-refractivity contribution in [3.05, 3.63) is 65.0 Å². The molecule has 3 nitrogen and oxygen atoms in total. The van der Waals surface area contributed by atoms with Crippen LogP contribution in [0.5, 0.6) is 0 Å². The number of benzene rings is 2. The van der Waals surface area contributed by atoms with Gasteiger partial charge in [-0.25, -0.2) is 0 Å². The lowest BCUT2D eigenvalue weighted by Crippen LogP contribution is -2.08. The van der Waals surface area contributed by atoms with Crippen LogP contribution in [0.15, 0.2) is 59.4 Å². The Morgan fingerprint density at radius 2 is 1.74 bits per heavy atom. The normalized spacial score (nSPS) is 10.6. The van der Waals surface area contributed by atoms with Gasteiger partial charge in [0.2, 0.25) is 0 Å². The highest BCUT2D eigenvalue weighted by Crippen LogP contribution is 2.21. The number of hydrogen-bond acceptors (Lipinski definition) is 2.